The van der Waals surface area contributed by atoms with Crippen molar-refractivity contribution in [3.63, 3.8) is 0 Å². The van der Waals surface area contributed by atoms with Crippen molar-refractivity contribution >= 4 is 17.5 Å². The minimum absolute atomic E-state index is 0.0495. The number of thioether (sulfide) groups is 1. The normalized spacial score (nSPS) is 12.6. The first-order valence-electron chi connectivity index (χ1n) is 8.72. The highest BCUT2D eigenvalue weighted by atomic mass is 32.2. The molecular formula is C20H21N5S. The van der Waals surface area contributed by atoms with Gasteiger partial charge in [-0.1, -0.05) is 43.0 Å². The molecule has 5 nitrogen and oxygen atoms in total. The molecule has 132 valence electrons. The number of imidazole rings is 2. The number of aromatic amines is 1. The molecule has 4 rings (SSSR count). The number of aromatic nitrogens is 5. The predicted octanol–water partition coefficient (Wildman–Crippen LogP) is 4.51. The summed E-state index contributed by atoms with van der Waals surface area (Å²) < 4.78 is 2.05. The topological polar surface area (TPSA) is 58.9 Å². The average molecular weight is 363 g/mol. The molecule has 4 aromatic rings. The standard InChI is InChI=1S/C20H21N5S/c1-4-15-5-7-16(8-6-15)18(26-20-21-9-10-22-20)17-12-25-14(3)11-13(2)23-19(25)24-17/h5-12,18H,4H2,1-3H3,(H,21,22). The predicted molar refractivity (Wildman–Crippen MR) is 105 cm³/mol. The van der Waals surface area contributed by atoms with Crippen molar-refractivity contribution in [3.8, 4) is 0 Å². The van der Waals surface area contributed by atoms with Gasteiger partial charge >= 0.3 is 0 Å². The van der Waals surface area contributed by atoms with E-state index in [1.165, 1.54) is 11.1 Å². The van der Waals surface area contributed by atoms with Crippen molar-refractivity contribution in [1.29, 1.82) is 0 Å². The largest absolute Gasteiger partial charge is 0.340 e. The Hall–Kier alpha value is -2.60. The van der Waals surface area contributed by atoms with E-state index in [2.05, 4.69) is 69.7 Å². The van der Waals surface area contributed by atoms with Gasteiger partial charge in [0, 0.05) is 30.0 Å². The molecule has 0 saturated heterocycles. The van der Waals surface area contributed by atoms with Crippen LogP contribution in [-0.4, -0.2) is 24.3 Å². The van der Waals surface area contributed by atoms with Crippen LogP contribution in [0.4, 0.5) is 0 Å². The van der Waals surface area contributed by atoms with Crippen LogP contribution in [0.1, 0.15) is 40.4 Å². The number of nitrogens with one attached hydrogen (secondary N) is 1. The summed E-state index contributed by atoms with van der Waals surface area (Å²) in [4.78, 5) is 17.0. The van der Waals surface area contributed by atoms with Crippen LogP contribution >= 0.6 is 11.8 Å². The Kier molecular flexibility index (Phi) is 4.51. The second kappa shape index (κ2) is 6.96. The molecule has 0 fully saturated rings. The molecule has 1 atom stereocenters. The minimum Gasteiger partial charge on any atom is -0.340 e. The maximum Gasteiger partial charge on any atom is 0.234 e. The molecule has 1 aromatic carbocycles. The van der Waals surface area contributed by atoms with Gasteiger partial charge in [-0.3, -0.25) is 4.40 Å². The first-order valence-corrected chi connectivity index (χ1v) is 9.60. The van der Waals surface area contributed by atoms with E-state index in [4.69, 9.17) is 4.98 Å². The van der Waals surface area contributed by atoms with Crippen LogP contribution in [0.5, 0.6) is 0 Å². The summed E-state index contributed by atoms with van der Waals surface area (Å²) in [5, 5.41) is 0.931. The van der Waals surface area contributed by atoms with E-state index in [9.17, 15) is 0 Å². The lowest BCUT2D eigenvalue weighted by atomic mass is 10.1. The van der Waals surface area contributed by atoms with Crippen LogP contribution in [0.3, 0.4) is 0 Å². The third-order valence-corrected chi connectivity index (χ3v) is 5.64. The lowest BCUT2D eigenvalue weighted by Crippen LogP contribution is -1.98. The lowest BCUT2D eigenvalue weighted by Gasteiger charge is -2.14. The molecule has 0 aliphatic carbocycles. The first-order chi connectivity index (χ1) is 12.6. The van der Waals surface area contributed by atoms with Gasteiger partial charge in [-0.25, -0.2) is 15.0 Å². The molecule has 0 saturated carbocycles. The number of rotatable bonds is 5. The Labute approximate surface area is 156 Å². The smallest absolute Gasteiger partial charge is 0.234 e. The highest BCUT2D eigenvalue weighted by molar-refractivity contribution is 7.99. The van der Waals surface area contributed by atoms with Crippen LogP contribution in [0, 0.1) is 13.8 Å². The number of nitrogens with zero attached hydrogens (tertiary/aromatic N) is 4. The van der Waals surface area contributed by atoms with E-state index in [1.807, 2.05) is 13.1 Å². The fraction of sp³-hybridized carbons (Fsp3) is 0.250. The van der Waals surface area contributed by atoms with Crippen molar-refractivity contribution < 1.29 is 0 Å². The van der Waals surface area contributed by atoms with Crippen molar-refractivity contribution in [1.82, 2.24) is 24.3 Å². The molecule has 6 heteroatoms. The second-order valence-electron chi connectivity index (χ2n) is 6.36. The molecule has 0 spiro atoms. The summed E-state index contributed by atoms with van der Waals surface area (Å²) in [5.74, 6) is 0.743. The molecule has 0 amide bonds. The molecule has 0 radical (unpaired) electrons. The zero-order valence-electron chi connectivity index (χ0n) is 15.1. The van der Waals surface area contributed by atoms with Crippen LogP contribution in [-0.2, 0) is 6.42 Å². The Morgan fingerprint density at radius 3 is 2.65 bits per heavy atom. The van der Waals surface area contributed by atoms with E-state index in [0.717, 1.165) is 34.4 Å². The van der Waals surface area contributed by atoms with Crippen LogP contribution in [0.2, 0.25) is 0 Å². The summed E-state index contributed by atoms with van der Waals surface area (Å²) >= 11 is 1.67. The van der Waals surface area contributed by atoms with Crippen molar-refractivity contribution in [2.24, 2.45) is 0 Å². The number of hydrogen-bond acceptors (Lipinski definition) is 4. The summed E-state index contributed by atoms with van der Waals surface area (Å²) in [6.45, 7) is 6.25. The van der Waals surface area contributed by atoms with Gasteiger partial charge in [-0.15, -0.1) is 0 Å². The maximum absolute atomic E-state index is 4.82. The summed E-state index contributed by atoms with van der Waals surface area (Å²) in [5.41, 5.74) is 5.64. The number of fused-ring (bicyclic) bond motifs is 1. The molecule has 1 unspecified atom stereocenters. The zero-order chi connectivity index (χ0) is 18.1. The fourth-order valence-electron chi connectivity index (χ4n) is 3.07. The van der Waals surface area contributed by atoms with Gasteiger partial charge in [0.2, 0.25) is 5.78 Å². The van der Waals surface area contributed by atoms with Crippen LogP contribution in [0.25, 0.3) is 5.78 Å². The molecular weight excluding hydrogens is 342 g/mol. The second-order valence-corrected chi connectivity index (χ2v) is 7.46. The quantitative estimate of drug-likeness (QED) is 0.530. The molecule has 3 aromatic heterocycles. The van der Waals surface area contributed by atoms with E-state index in [-0.39, 0.29) is 5.25 Å². The Balaban J connectivity index is 1.80. The number of aryl methyl sites for hydroxylation is 3. The van der Waals surface area contributed by atoms with Gasteiger partial charge in [0.15, 0.2) is 5.16 Å². The number of H-pyrrole nitrogens is 1. The van der Waals surface area contributed by atoms with Gasteiger partial charge < -0.3 is 4.98 Å². The number of hydrogen-bond donors (Lipinski definition) is 1. The Bertz CT molecular complexity index is 1020. The van der Waals surface area contributed by atoms with E-state index in [1.54, 1.807) is 18.0 Å². The van der Waals surface area contributed by atoms with Gasteiger partial charge in [-0.2, -0.15) is 0 Å². The maximum atomic E-state index is 4.82. The summed E-state index contributed by atoms with van der Waals surface area (Å²) in [7, 11) is 0. The molecule has 0 aliphatic heterocycles. The lowest BCUT2D eigenvalue weighted by molar-refractivity contribution is 1.01. The molecule has 1 N–H and O–H groups in total. The summed E-state index contributed by atoms with van der Waals surface area (Å²) in [6, 6.07) is 10.8. The van der Waals surface area contributed by atoms with Crippen LogP contribution in [0.15, 0.2) is 54.1 Å². The highest BCUT2D eigenvalue weighted by Crippen LogP contribution is 2.38. The van der Waals surface area contributed by atoms with Crippen molar-refractivity contribution in [3.05, 3.63) is 77.1 Å². The van der Waals surface area contributed by atoms with Crippen LogP contribution < -0.4 is 0 Å². The third kappa shape index (κ3) is 3.24. The van der Waals surface area contributed by atoms with E-state index in [0.29, 0.717) is 0 Å². The molecule has 26 heavy (non-hydrogen) atoms. The van der Waals surface area contributed by atoms with Crippen molar-refractivity contribution in [2.75, 3.05) is 0 Å². The monoisotopic (exact) mass is 363 g/mol. The average Bonchev–Trinajstić information content (AvgIpc) is 3.29. The highest BCUT2D eigenvalue weighted by Gasteiger charge is 2.21. The first kappa shape index (κ1) is 16.8. The Morgan fingerprint density at radius 1 is 1.15 bits per heavy atom. The van der Waals surface area contributed by atoms with Crippen molar-refractivity contribution in [2.45, 2.75) is 37.6 Å². The zero-order valence-corrected chi connectivity index (χ0v) is 15.9. The molecule has 3 heterocycles. The summed E-state index contributed by atoms with van der Waals surface area (Å²) in [6.07, 6.45) is 6.75. The van der Waals surface area contributed by atoms with Gasteiger partial charge in [0.25, 0.3) is 0 Å². The van der Waals surface area contributed by atoms with E-state index < -0.39 is 0 Å². The SMILES string of the molecule is CCc1ccc(C(Sc2ncc[nH]2)c2cn3c(C)cc(C)nc3n2)cc1. The van der Waals surface area contributed by atoms with Gasteiger partial charge in [-0.05, 0) is 37.5 Å². The Morgan fingerprint density at radius 2 is 1.96 bits per heavy atom. The molecule has 0 aliphatic rings. The fourth-order valence-corrected chi connectivity index (χ4v) is 4.08. The number of benzene rings is 1. The molecule has 0 bridgehead atoms. The third-order valence-electron chi connectivity index (χ3n) is 4.44. The minimum atomic E-state index is 0.0495. The van der Waals surface area contributed by atoms with Gasteiger partial charge in [0.05, 0.1) is 10.9 Å². The van der Waals surface area contributed by atoms with E-state index >= 15 is 0 Å². The van der Waals surface area contributed by atoms with Gasteiger partial charge in [0.1, 0.15) is 0 Å².